The summed E-state index contributed by atoms with van der Waals surface area (Å²) >= 11 is 0. The molecule has 1 atom stereocenters. The van der Waals surface area contributed by atoms with Crippen LogP contribution < -0.4 is 0 Å². The molecular formula is C20H38O5. The number of aliphatic hydroxyl groups is 1. The lowest BCUT2D eigenvalue weighted by Crippen LogP contribution is -2.27. The van der Waals surface area contributed by atoms with Crippen LogP contribution in [0.5, 0.6) is 0 Å². The number of unbranched alkanes of at least 4 members (excludes halogenated alkanes) is 10. The first-order chi connectivity index (χ1) is 12.1. The van der Waals surface area contributed by atoms with Gasteiger partial charge in [-0.2, -0.15) is 0 Å². The number of esters is 2. The van der Waals surface area contributed by atoms with E-state index in [1.807, 2.05) is 0 Å². The second kappa shape index (κ2) is 17.7. The first-order valence-electron chi connectivity index (χ1n) is 10.1. The van der Waals surface area contributed by atoms with Crippen molar-refractivity contribution in [3.8, 4) is 0 Å². The van der Waals surface area contributed by atoms with Gasteiger partial charge in [0.05, 0.1) is 19.6 Å². The maximum Gasteiger partial charge on any atom is 0.335 e. The van der Waals surface area contributed by atoms with E-state index in [-0.39, 0.29) is 6.42 Å². The van der Waals surface area contributed by atoms with Crippen LogP contribution in [0.2, 0.25) is 0 Å². The van der Waals surface area contributed by atoms with Gasteiger partial charge in [-0.15, -0.1) is 0 Å². The Morgan fingerprint density at radius 2 is 1.16 bits per heavy atom. The molecule has 0 saturated heterocycles. The Morgan fingerprint density at radius 1 is 0.720 bits per heavy atom. The van der Waals surface area contributed by atoms with Crippen LogP contribution >= 0.6 is 0 Å². The lowest BCUT2D eigenvalue weighted by molar-refractivity contribution is -0.160. The second-order valence-electron chi connectivity index (χ2n) is 6.64. The molecule has 0 aromatic carbocycles. The highest BCUT2D eigenvalue weighted by Crippen LogP contribution is 2.07. The monoisotopic (exact) mass is 358 g/mol. The van der Waals surface area contributed by atoms with E-state index < -0.39 is 18.0 Å². The summed E-state index contributed by atoms with van der Waals surface area (Å²) < 4.78 is 10.0. The molecule has 0 aliphatic carbocycles. The van der Waals surface area contributed by atoms with Gasteiger partial charge in [0.15, 0.2) is 6.10 Å². The molecule has 0 aliphatic rings. The van der Waals surface area contributed by atoms with E-state index in [1.54, 1.807) is 0 Å². The van der Waals surface area contributed by atoms with Gasteiger partial charge in [-0.1, -0.05) is 78.1 Å². The molecule has 0 bridgehead atoms. The number of hydrogen-bond donors (Lipinski definition) is 1. The number of ether oxygens (including phenoxy) is 2. The van der Waals surface area contributed by atoms with E-state index >= 15 is 0 Å². The lowest BCUT2D eigenvalue weighted by atomic mass is 10.1. The minimum atomic E-state index is -1.42. The molecule has 5 heteroatoms. The van der Waals surface area contributed by atoms with Crippen LogP contribution in [0.1, 0.15) is 97.3 Å². The van der Waals surface area contributed by atoms with E-state index in [2.05, 4.69) is 13.8 Å². The number of carbonyl (C=O) groups excluding carboxylic acids is 2. The first kappa shape index (κ1) is 23.9. The molecule has 148 valence electrons. The van der Waals surface area contributed by atoms with E-state index in [9.17, 15) is 14.7 Å². The third kappa shape index (κ3) is 16.1. The van der Waals surface area contributed by atoms with Crippen molar-refractivity contribution >= 4 is 11.9 Å². The highest BCUT2D eigenvalue weighted by atomic mass is 16.6. The van der Waals surface area contributed by atoms with Crippen molar-refractivity contribution in [2.75, 3.05) is 13.2 Å². The molecule has 0 amide bonds. The molecule has 0 saturated carbocycles. The van der Waals surface area contributed by atoms with Gasteiger partial charge in [0, 0.05) is 0 Å². The average molecular weight is 359 g/mol. The highest BCUT2D eigenvalue weighted by Gasteiger charge is 2.21. The average Bonchev–Trinajstić information content (AvgIpc) is 2.59. The standard InChI is InChI=1S/C20H38O5/c1-3-5-7-9-11-13-15-24-19(22)17-18(21)20(23)25-16-14-12-10-8-6-4-2/h18,21H,3-17H2,1-2H3. The third-order valence-electron chi connectivity index (χ3n) is 4.14. The maximum atomic E-state index is 11.6. The minimum Gasteiger partial charge on any atom is -0.466 e. The summed E-state index contributed by atoms with van der Waals surface area (Å²) in [5.41, 5.74) is 0. The smallest absolute Gasteiger partial charge is 0.335 e. The highest BCUT2D eigenvalue weighted by molar-refractivity contribution is 5.81. The van der Waals surface area contributed by atoms with Crippen LogP contribution in [0.4, 0.5) is 0 Å². The summed E-state index contributed by atoms with van der Waals surface area (Å²) in [7, 11) is 0. The van der Waals surface area contributed by atoms with E-state index in [4.69, 9.17) is 9.47 Å². The summed E-state index contributed by atoms with van der Waals surface area (Å²) in [4.78, 5) is 23.2. The molecule has 0 aliphatic heterocycles. The van der Waals surface area contributed by atoms with Gasteiger partial charge in [-0.05, 0) is 12.8 Å². The van der Waals surface area contributed by atoms with Gasteiger partial charge >= 0.3 is 11.9 Å². The number of hydrogen-bond acceptors (Lipinski definition) is 5. The van der Waals surface area contributed by atoms with Gasteiger partial charge in [0.2, 0.25) is 0 Å². The van der Waals surface area contributed by atoms with Crippen LogP contribution in [-0.4, -0.2) is 36.4 Å². The normalized spacial score (nSPS) is 12.0. The summed E-state index contributed by atoms with van der Waals surface area (Å²) in [6, 6.07) is 0. The van der Waals surface area contributed by atoms with Crippen LogP contribution in [0.15, 0.2) is 0 Å². The fraction of sp³-hybridized carbons (Fsp3) is 0.900. The maximum absolute atomic E-state index is 11.6. The van der Waals surface area contributed by atoms with Crippen molar-refractivity contribution in [2.45, 2.75) is 103 Å². The Morgan fingerprint density at radius 3 is 1.68 bits per heavy atom. The van der Waals surface area contributed by atoms with Gasteiger partial charge in [-0.3, -0.25) is 4.79 Å². The Bertz CT molecular complexity index is 330. The molecule has 1 N–H and O–H groups in total. The topological polar surface area (TPSA) is 72.8 Å². The zero-order valence-corrected chi connectivity index (χ0v) is 16.3. The van der Waals surface area contributed by atoms with Gasteiger partial charge in [0.1, 0.15) is 0 Å². The molecule has 0 rings (SSSR count). The van der Waals surface area contributed by atoms with Crippen molar-refractivity contribution in [2.24, 2.45) is 0 Å². The summed E-state index contributed by atoms with van der Waals surface area (Å²) in [5, 5.41) is 9.69. The SMILES string of the molecule is CCCCCCCCOC(=O)CC(O)C(=O)OCCCCCCCC. The van der Waals surface area contributed by atoms with Crippen LogP contribution in [0.3, 0.4) is 0 Å². The third-order valence-corrected chi connectivity index (χ3v) is 4.14. The number of aliphatic hydroxyl groups excluding tert-OH is 1. The summed E-state index contributed by atoms with van der Waals surface area (Å²) in [6.45, 7) is 4.99. The Hall–Kier alpha value is -1.10. The Labute approximate surface area is 153 Å². The molecular weight excluding hydrogens is 320 g/mol. The molecule has 1 unspecified atom stereocenters. The minimum absolute atomic E-state index is 0.300. The molecule has 5 nitrogen and oxygen atoms in total. The largest absolute Gasteiger partial charge is 0.466 e. The lowest BCUT2D eigenvalue weighted by Gasteiger charge is -2.10. The molecule has 0 fully saturated rings. The summed E-state index contributed by atoms with van der Waals surface area (Å²) in [5.74, 6) is -1.28. The van der Waals surface area contributed by atoms with E-state index in [0.717, 1.165) is 38.5 Å². The second-order valence-corrected chi connectivity index (χ2v) is 6.64. The van der Waals surface area contributed by atoms with Gasteiger partial charge < -0.3 is 14.6 Å². The predicted octanol–water partition coefficient (Wildman–Crippen LogP) is 4.54. The number of rotatable bonds is 17. The van der Waals surface area contributed by atoms with Gasteiger partial charge in [-0.25, -0.2) is 4.79 Å². The van der Waals surface area contributed by atoms with Crippen molar-refractivity contribution < 1.29 is 24.2 Å². The van der Waals surface area contributed by atoms with Crippen molar-refractivity contribution in [1.82, 2.24) is 0 Å². The fourth-order valence-electron chi connectivity index (χ4n) is 2.52. The van der Waals surface area contributed by atoms with E-state index in [0.29, 0.717) is 13.2 Å². The summed E-state index contributed by atoms with van der Waals surface area (Å²) in [6.07, 6.45) is 11.5. The van der Waals surface area contributed by atoms with Crippen LogP contribution in [-0.2, 0) is 19.1 Å². The zero-order chi connectivity index (χ0) is 18.8. The molecule has 0 spiro atoms. The van der Waals surface area contributed by atoms with Crippen molar-refractivity contribution in [3.63, 3.8) is 0 Å². The quantitative estimate of drug-likeness (QED) is 0.305. The molecule has 0 aromatic heterocycles. The first-order valence-corrected chi connectivity index (χ1v) is 10.1. The molecule has 0 heterocycles. The Balaban J connectivity index is 3.56. The van der Waals surface area contributed by atoms with E-state index in [1.165, 1.54) is 38.5 Å². The van der Waals surface area contributed by atoms with Crippen molar-refractivity contribution in [3.05, 3.63) is 0 Å². The number of carbonyl (C=O) groups is 2. The zero-order valence-electron chi connectivity index (χ0n) is 16.3. The Kier molecular flexibility index (Phi) is 16.9. The fourth-order valence-corrected chi connectivity index (χ4v) is 2.52. The molecule has 25 heavy (non-hydrogen) atoms. The predicted molar refractivity (Wildman–Crippen MR) is 99.3 cm³/mol. The van der Waals surface area contributed by atoms with Crippen LogP contribution in [0, 0.1) is 0 Å². The van der Waals surface area contributed by atoms with Gasteiger partial charge in [0.25, 0.3) is 0 Å². The molecule has 0 aromatic rings. The van der Waals surface area contributed by atoms with Crippen LogP contribution in [0.25, 0.3) is 0 Å². The molecule has 0 radical (unpaired) electrons. The van der Waals surface area contributed by atoms with Crippen molar-refractivity contribution in [1.29, 1.82) is 0 Å².